The molecule has 0 unspecified atom stereocenters. The van der Waals surface area contributed by atoms with Crippen LogP contribution in [0.5, 0.6) is 0 Å². The number of nitrogens with one attached hydrogen (secondary N) is 1. The van der Waals surface area contributed by atoms with Crippen molar-refractivity contribution in [2.45, 2.75) is 32.2 Å². The van der Waals surface area contributed by atoms with E-state index in [0.29, 0.717) is 0 Å². The highest BCUT2D eigenvalue weighted by Gasteiger charge is 2.11. The molecule has 1 aromatic carbocycles. The Labute approximate surface area is 101 Å². The van der Waals surface area contributed by atoms with Gasteiger partial charge in [0.1, 0.15) is 0 Å². The fourth-order valence-electron chi connectivity index (χ4n) is 1.76. The Morgan fingerprint density at radius 3 is 2.75 bits per heavy atom. The summed E-state index contributed by atoms with van der Waals surface area (Å²) in [7, 11) is 0. The minimum Gasteiger partial charge on any atom is -0.358 e. The summed E-state index contributed by atoms with van der Waals surface area (Å²) in [6.45, 7) is 4.10. The Morgan fingerprint density at radius 1 is 1.31 bits per heavy atom. The van der Waals surface area contributed by atoms with Crippen LogP contribution in [0.25, 0.3) is 10.9 Å². The second kappa shape index (κ2) is 4.11. The monoisotopic (exact) mass is 236 g/mol. The van der Waals surface area contributed by atoms with Gasteiger partial charge in [-0.1, -0.05) is 11.6 Å². The molecule has 0 fully saturated rings. The smallest absolute Gasteiger partial charge is 0.0457 e. The SMILES string of the molecule is CC(C)(N)CCc1cc2cc(Cl)ccc2[nH]1. The van der Waals surface area contributed by atoms with E-state index in [1.165, 1.54) is 5.69 Å². The second-order valence-electron chi connectivity index (χ2n) is 5.01. The third-order valence-electron chi connectivity index (χ3n) is 2.68. The van der Waals surface area contributed by atoms with Crippen LogP contribution in [-0.4, -0.2) is 10.5 Å². The van der Waals surface area contributed by atoms with Gasteiger partial charge in [-0.3, -0.25) is 0 Å². The first-order valence-electron chi connectivity index (χ1n) is 5.50. The predicted molar refractivity (Wildman–Crippen MR) is 69.9 cm³/mol. The van der Waals surface area contributed by atoms with Crippen molar-refractivity contribution in [1.82, 2.24) is 4.98 Å². The lowest BCUT2D eigenvalue weighted by molar-refractivity contribution is 0.475. The number of aromatic amines is 1. The number of aromatic nitrogens is 1. The first-order valence-corrected chi connectivity index (χ1v) is 5.88. The molecule has 2 aromatic rings. The normalized spacial score (nSPS) is 12.2. The van der Waals surface area contributed by atoms with Crippen molar-refractivity contribution in [3.8, 4) is 0 Å². The summed E-state index contributed by atoms with van der Waals surface area (Å²) in [5.41, 5.74) is 8.20. The van der Waals surface area contributed by atoms with E-state index >= 15 is 0 Å². The summed E-state index contributed by atoms with van der Waals surface area (Å²) < 4.78 is 0. The number of hydrogen-bond acceptors (Lipinski definition) is 1. The summed E-state index contributed by atoms with van der Waals surface area (Å²) in [4.78, 5) is 3.38. The Morgan fingerprint density at radius 2 is 2.06 bits per heavy atom. The molecule has 0 saturated carbocycles. The number of benzene rings is 1. The molecule has 0 radical (unpaired) electrons. The highest BCUT2D eigenvalue weighted by Crippen LogP contribution is 2.21. The van der Waals surface area contributed by atoms with Crippen LogP contribution in [0.15, 0.2) is 24.3 Å². The molecule has 86 valence electrons. The predicted octanol–water partition coefficient (Wildman–Crippen LogP) is 3.49. The van der Waals surface area contributed by atoms with Crippen molar-refractivity contribution in [3.05, 3.63) is 35.0 Å². The van der Waals surface area contributed by atoms with Crippen molar-refractivity contribution >= 4 is 22.5 Å². The molecule has 1 aromatic heterocycles. The third-order valence-corrected chi connectivity index (χ3v) is 2.91. The molecule has 2 nitrogen and oxygen atoms in total. The molecule has 3 heteroatoms. The maximum atomic E-state index is 5.97. The van der Waals surface area contributed by atoms with Gasteiger partial charge in [0, 0.05) is 27.2 Å². The number of nitrogens with two attached hydrogens (primary N) is 1. The standard InChI is InChI=1S/C13H17ClN2/c1-13(2,15)6-5-11-8-9-7-10(14)3-4-12(9)16-11/h3-4,7-8,16H,5-6,15H2,1-2H3. The van der Waals surface area contributed by atoms with Crippen molar-refractivity contribution in [1.29, 1.82) is 0 Å². The Balaban J connectivity index is 2.20. The Kier molecular flexibility index (Phi) is 2.96. The van der Waals surface area contributed by atoms with Crippen LogP contribution in [0.4, 0.5) is 0 Å². The molecule has 0 aliphatic heterocycles. The van der Waals surface area contributed by atoms with Crippen LogP contribution in [0.3, 0.4) is 0 Å². The minimum atomic E-state index is -0.116. The van der Waals surface area contributed by atoms with Gasteiger partial charge in [-0.05, 0) is 51.0 Å². The zero-order chi connectivity index (χ0) is 11.8. The molecule has 2 rings (SSSR count). The minimum absolute atomic E-state index is 0.116. The molecule has 0 amide bonds. The molecule has 0 spiro atoms. The quantitative estimate of drug-likeness (QED) is 0.842. The lowest BCUT2D eigenvalue weighted by atomic mass is 9.99. The second-order valence-corrected chi connectivity index (χ2v) is 5.45. The number of fused-ring (bicyclic) bond motifs is 1. The van der Waals surface area contributed by atoms with Gasteiger partial charge in [-0.25, -0.2) is 0 Å². The number of halogens is 1. The van der Waals surface area contributed by atoms with Gasteiger partial charge in [0.2, 0.25) is 0 Å². The summed E-state index contributed by atoms with van der Waals surface area (Å²) in [6, 6.07) is 8.03. The fraction of sp³-hybridized carbons (Fsp3) is 0.385. The molecule has 0 aliphatic carbocycles. The lowest BCUT2D eigenvalue weighted by Gasteiger charge is -2.17. The third kappa shape index (κ3) is 2.77. The average molecular weight is 237 g/mol. The topological polar surface area (TPSA) is 41.8 Å². The van der Waals surface area contributed by atoms with Crippen LogP contribution in [-0.2, 0) is 6.42 Å². The van der Waals surface area contributed by atoms with Gasteiger partial charge in [-0.15, -0.1) is 0 Å². The molecule has 0 saturated heterocycles. The number of H-pyrrole nitrogens is 1. The first kappa shape index (κ1) is 11.5. The summed E-state index contributed by atoms with van der Waals surface area (Å²) >= 11 is 5.94. The molecule has 0 bridgehead atoms. The zero-order valence-electron chi connectivity index (χ0n) is 9.68. The largest absolute Gasteiger partial charge is 0.358 e. The van der Waals surface area contributed by atoms with Gasteiger partial charge in [-0.2, -0.15) is 0 Å². The number of rotatable bonds is 3. The van der Waals surface area contributed by atoms with E-state index in [4.69, 9.17) is 17.3 Å². The molecular weight excluding hydrogens is 220 g/mol. The maximum Gasteiger partial charge on any atom is 0.0457 e. The van der Waals surface area contributed by atoms with E-state index in [1.54, 1.807) is 0 Å². The average Bonchev–Trinajstić information content (AvgIpc) is 2.55. The van der Waals surface area contributed by atoms with Gasteiger partial charge in [0.05, 0.1) is 0 Å². The molecule has 1 heterocycles. The Hall–Kier alpha value is -0.990. The first-order chi connectivity index (χ1) is 7.44. The summed E-state index contributed by atoms with van der Waals surface area (Å²) in [6.07, 6.45) is 1.93. The van der Waals surface area contributed by atoms with Crippen LogP contribution in [0.2, 0.25) is 5.02 Å². The van der Waals surface area contributed by atoms with Crippen molar-refractivity contribution in [2.75, 3.05) is 0 Å². The summed E-state index contributed by atoms with van der Waals surface area (Å²) in [5.74, 6) is 0. The van der Waals surface area contributed by atoms with E-state index in [-0.39, 0.29) is 5.54 Å². The van der Waals surface area contributed by atoms with Gasteiger partial charge in [0.25, 0.3) is 0 Å². The van der Waals surface area contributed by atoms with Crippen molar-refractivity contribution in [2.24, 2.45) is 5.73 Å². The van der Waals surface area contributed by atoms with Crippen LogP contribution < -0.4 is 5.73 Å². The number of hydrogen-bond donors (Lipinski definition) is 2. The van der Waals surface area contributed by atoms with Crippen LogP contribution >= 0.6 is 11.6 Å². The molecular formula is C13H17ClN2. The van der Waals surface area contributed by atoms with E-state index in [2.05, 4.69) is 11.1 Å². The molecule has 16 heavy (non-hydrogen) atoms. The van der Waals surface area contributed by atoms with Gasteiger partial charge < -0.3 is 10.7 Å². The van der Waals surface area contributed by atoms with E-state index < -0.39 is 0 Å². The van der Waals surface area contributed by atoms with Crippen molar-refractivity contribution in [3.63, 3.8) is 0 Å². The fourth-order valence-corrected chi connectivity index (χ4v) is 1.94. The van der Waals surface area contributed by atoms with E-state index in [1.807, 2.05) is 32.0 Å². The zero-order valence-corrected chi connectivity index (χ0v) is 10.4. The van der Waals surface area contributed by atoms with Crippen LogP contribution in [0.1, 0.15) is 26.0 Å². The molecule has 0 atom stereocenters. The Bertz CT molecular complexity index is 494. The maximum absolute atomic E-state index is 5.97. The van der Waals surface area contributed by atoms with Gasteiger partial charge >= 0.3 is 0 Å². The highest BCUT2D eigenvalue weighted by molar-refractivity contribution is 6.31. The molecule has 3 N–H and O–H groups in total. The number of aryl methyl sites for hydroxylation is 1. The van der Waals surface area contributed by atoms with E-state index in [0.717, 1.165) is 28.8 Å². The van der Waals surface area contributed by atoms with E-state index in [9.17, 15) is 0 Å². The molecule has 0 aliphatic rings. The van der Waals surface area contributed by atoms with Crippen molar-refractivity contribution < 1.29 is 0 Å². The highest BCUT2D eigenvalue weighted by atomic mass is 35.5. The summed E-state index contributed by atoms with van der Waals surface area (Å²) in [5, 5.41) is 1.94. The van der Waals surface area contributed by atoms with Gasteiger partial charge in [0.15, 0.2) is 0 Å². The lowest BCUT2D eigenvalue weighted by Crippen LogP contribution is -2.32. The van der Waals surface area contributed by atoms with Crippen LogP contribution in [0, 0.1) is 0 Å².